The van der Waals surface area contributed by atoms with Gasteiger partial charge < -0.3 is 10.5 Å². The molecule has 1 aliphatic heterocycles. The number of rotatable bonds is 1. The number of hydrogen-bond acceptors (Lipinski definition) is 2. The third kappa shape index (κ3) is 3.08. The van der Waals surface area contributed by atoms with Crippen LogP contribution in [0.3, 0.4) is 0 Å². The van der Waals surface area contributed by atoms with E-state index in [-0.39, 0.29) is 17.6 Å². The summed E-state index contributed by atoms with van der Waals surface area (Å²) in [6.07, 6.45) is 2.11. The second-order valence-corrected chi connectivity index (χ2v) is 6.02. The quantitative estimate of drug-likeness (QED) is 0.808. The van der Waals surface area contributed by atoms with Gasteiger partial charge in [-0.1, -0.05) is 45.0 Å². The topological polar surface area (TPSA) is 35.2 Å². The van der Waals surface area contributed by atoms with E-state index in [0.717, 1.165) is 19.4 Å². The molecule has 0 saturated carbocycles. The van der Waals surface area contributed by atoms with Crippen molar-refractivity contribution >= 4 is 0 Å². The first-order valence-electron chi connectivity index (χ1n) is 6.44. The number of benzene rings is 1. The fourth-order valence-corrected chi connectivity index (χ4v) is 2.25. The Bertz CT molecular complexity index is 364. The second-order valence-electron chi connectivity index (χ2n) is 6.02. The highest BCUT2D eigenvalue weighted by Gasteiger charge is 2.22. The number of ether oxygens (including phenoxy) is 1. The van der Waals surface area contributed by atoms with Gasteiger partial charge in [-0.05, 0) is 29.4 Å². The molecule has 1 aromatic carbocycles. The smallest absolute Gasteiger partial charge is 0.0839 e. The van der Waals surface area contributed by atoms with Crippen molar-refractivity contribution in [3.63, 3.8) is 0 Å². The van der Waals surface area contributed by atoms with Crippen LogP contribution in [0.2, 0.25) is 0 Å². The molecule has 1 fully saturated rings. The molecule has 1 aliphatic rings. The number of hydrogen-bond donors (Lipinski definition) is 1. The largest absolute Gasteiger partial charge is 0.373 e. The lowest BCUT2D eigenvalue weighted by Gasteiger charge is -2.28. The minimum Gasteiger partial charge on any atom is -0.373 e. The van der Waals surface area contributed by atoms with E-state index in [4.69, 9.17) is 10.5 Å². The predicted molar refractivity (Wildman–Crippen MR) is 71.0 cm³/mol. The lowest BCUT2D eigenvalue weighted by atomic mass is 9.86. The summed E-state index contributed by atoms with van der Waals surface area (Å²) in [5.41, 5.74) is 8.81. The third-order valence-electron chi connectivity index (χ3n) is 3.47. The van der Waals surface area contributed by atoms with Crippen molar-refractivity contribution in [2.75, 3.05) is 6.61 Å². The highest BCUT2D eigenvalue weighted by atomic mass is 16.5. The molecule has 2 nitrogen and oxygen atoms in total. The van der Waals surface area contributed by atoms with Gasteiger partial charge in [-0.25, -0.2) is 0 Å². The fraction of sp³-hybridized carbons (Fsp3) is 0.600. The molecule has 1 aromatic rings. The van der Waals surface area contributed by atoms with E-state index < -0.39 is 0 Å². The van der Waals surface area contributed by atoms with E-state index in [9.17, 15) is 0 Å². The van der Waals surface area contributed by atoms with Gasteiger partial charge in [-0.2, -0.15) is 0 Å². The maximum atomic E-state index is 5.98. The van der Waals surface area contributed by atoms with E-state index in [2.05, 4.69) is 45.0 Å². The average molecular weight is 233 g/mol. The Morgan fingerprint density at radius 1 is 1.18 bits per heavy atom. The molecule has 94 valence electrons. The summed E-state index contributed by atoms with van der Waals surface area (Å²) >= 11 is 0. The van der Waals surface area contributed by atoms with E-state index >= 15 is 0 Å². The molecule has 1 heterocycles. The summed E-state index contributed by atoms with van der Waals surface area (Å²) in [7, 11) is 0. The minimum atomic E-state index is 0.188. The molecule has 2 heteroatoms. The Hall–Kier alpha value is -0.860. The first kappa shape index (κ1) is 12.6. The Labute approximate surface area is 104 Å². The molecule has 0 spiro atoms. The maximum absolute atomic E-state index is 5.98. The summed E-state index contributed by atoms with van der Waals surface area (Å²) in [6.45, 7) is 7.48. The van der Waals surface area contributed by atoms with Gasteiger partial charge in [0.1, 0.15) is 0 Å². The van der Waals surface area contributed by atoms with Gasteiger partial charge in [0.25, 0.3) is 0 Å². The van der Waals surface area contributed by atoms with Gasteiger partial charge in [0.2, 0.25) is 0 Å². The molecular weight excluding hydrogens is 210 g/mol. The molecule has 2 atom stereocenters. The molecule has 0 aromatic heterocycles. The van der Waals surface area contributed by atoms with Gasteiger partial charge in [-0.3, -0.25) is 0 Å². The van der Waals surface area contributed by atoms with Crippen molar-refractivity contribution < 1.29 is 4.74 Å². The summed E-state index contributed by atoms with van der Waals surface area (Å²) < 4.78 is 5.78. The normalized spacial score (nSPS) is 25.9. The van der Waals surface area contributed by atoms with Crippen LogP contribution in [-0.2, 0) is 10.2 Å². The van der Waals surface area contributed by atoms with Crippen molar-refractivity contribution in [3.05, 3.63) is 35.4 Å². The first-order chi connectivity index (χ1) is 7.97. The molecule has 1 saturated heterocycles. The third-order valence-corrected chi connectivity index (χ3v) is 3.47. The molecule has 2 unspecified atom stereocenters. The van der Waals surface area contributed by atoms with Crippen molar-refractivity contribution in [1.29, 1.82) is 0 Å². The van der Waals surface area contributed by atoms with Gasteiger partial charge in [0, 0.05) is 12.6 Å². The van der Waals surface area contributed by atoms with Crippen LogP contribution in [0, 0.1) is 0 Å². The van der Waals surface area contributed by atoms with Crippen molar-refractivity contribution in [2.24, 2.45) is 5.73 Å². The number of nitrogens with two attached hydrogens (primary N) is 1. The summed E-state index contributed by atoms with van der Waals surface area (Å²) in [5.74, 6) is 0. The van der Waals surface area contributed by atoms with E-state index in [1.54, 1.807) is 0 Å². The zero-order chi connectivity index (χ0) is 12.5. The zero-order valence-corrected chi connectivity index (χ0v) is 11.1. The molecule has 0 bridgehead atoms. The molecule has 0 aliphatic carbocycles. The maximum Gasteiger partial charge on any atom is 0.0839 e. The molecule has 0 radical (unpaired) electrons. The van der Waals surface area contributed by atoms with Crippen LogP contribution in [0.1, 0.15) is 50.8 Å². The first-order valence-corrected chi connectivity index (χ1v) is 6.44. The highest BCUT2D eigenvalue weighted by molar-refractivity contribution is 5.29. The Morgan fingerprint density at radius 2 is 1.82 bits per heavy atom. The van der Waals surface area contributed by atoms with Gasteiger partial charge in [0.15, 0.2) is 0 Å². The highest BCUT2D eigenvalue weighted by Crippen LogP contribution is 2.29. The van der Waals surface area contributed by atoms with E-state index in [0.29, 0.717) is 0 Å². The lowest BCUT2D eigenvalue weighted by Crippen LogP contribution is -2.30. The van der Waals surface area contributed by atoms with Crippen molar-refractivity contribution in [1.82, 2.24) is 0 Å². The van der Waals surface area contributed by atoms with Crippen molar-refractivity contribution in [3.8, 4) is 0 Å². The Morgan fingerprint density at radius 3 is 2.35 bits per heavy atom. The Kier molecular flexibility index (Phi) is 3.55. The van der Waals surface area contributed by atoms with Crippen LogP contribution in [0.4, 0.5) is 0 Å². The van der Waals surface area contributed by atoms with E-state index in [1.165, 1.54) is 11.1 Å². The molecule has 0 amide bonds. The van der Waals surface area contributed by atoms with Crippen LogP contribution in [0.5, 0.6) is 0 Å². The standard InChI is InChI=1S/C15H23NO/c1-15(2,3)12-6-4-11(5-7-12)14-10-13(16)8-9-17-14/h4-7,13-14H,8-10,16H2,1-3H3. The molecular formula is C15H23NO. The summed E-state index contributed by atoms with van der Waals surface area (Å²) in [4.78, 5) is 0. The van der Waals surface area contributed by atoms with Gasteiger partial charge in [-0.15, -0.1) is 0 Å². The van der Waals surface area contributed by atoms with Crippen LogP contribution in [0.25, 0.3) is 0 Å². The average Bonchev–Trinajstić information content (AvgIpc) is 2.28. The zero-order valence-electron chi connectivity index (χ0n) is 11.1. The monoisotopic (exact) mass is 233 g/mol. The lowest BCUT2D eigenvalue weighted by molar-refractivity contribution is 0.00666. The summed E-state index contributed by atoms with van der Waals surface area (Å²) in [5, 5.41) is 0. The minimum absolute atomic E-state index is 0.188. The van der Waals surface area contributed by atoms with Crippen LogP contribution >= 0.6 is 0 Å². The van der Waals surface area contributed by atoms with Crippen LogP contribution < -0.4 is 5.73 Å². The predicted octanol–water partition coefficient (Wildman–Crippen LogP) is 3.16. The summed E-state index contributed by atoms with van der Waals surface area (Å²) in [6, 6.07) is 9.07. The van der Waals surface area contributed by atoms with Crippen LogP contribution in [0.15, 0.2) is 24.3 Å². The SMILES string of the molecule is CC(C)(C)c1ccc(C2CC(N)CCO2)cc1. The van der Waals surface area contributed by atoms with E-state index in [1.807, 2.05) is 0 Å². The molecule has 17 heavy (non-hydrogen) atoms. The fourth-order valence-electron chi connectivity index (χ4n) is 2.25. The van der Waals surface area contributed by atoms with Gasteiger partial charge >= 0.3 is 0 Å². The Balaban J connectivity index is 2.12. The van der Waals surface area contributed by atoms with Gasteiger partial charge in [0.05, 0.1) is 6.10 Å². The van der Waals surface area contributed by atoms with Crippen molar-refractivity contribution in [2.45, 2.75) is 51.2 Å². The van der Waals surface area contributed by atoms with Crippen LogP contribution in [-0.4, -0.2) is 12.6 Å². The molecule has 2 rings (SSSR count). The second kappa shape index (κ2) is 4.79. The molecule has 2 N–H and O–H groups in total.